The molecule has 1 heterocycles. The number of amides is 2. The summed E-state index contributed by atoms with van der Waals surface area (Å²) in [5.74, 6) is -0.712. The Labute approximate surface area is 152 Å². The first-order valence-electron chi connectivity index (χ1n) is 7.90. The van der Waals surface area contributed by atoms with Crippen molar-refractivity contribution in [1.82, 2.24) is 0 Å². The number of halogens is 3. The topological polar surface area (TPSA) is 67.9 Å². The first-order chi connectivity index (χ1) is 12.8. The van der Waals surface area contributed by atoms with Gasteiger partial charge in [-0.2, -0.15) is 0 Å². The fraction of sp³-hybridized carbons (Fsp3) is 0.222. The lowest BCUT2D eigenvalue weighted by Crippen LogP contribution is -2.34. The van der Waals surface area contributed by atoms with E-state index in [-0.39, 0.29) is 18.1 Å². The normalized spacial score (nSPS) is 17.2. The molecule has 2 aromatic rings. The van der Waals surface area contributed by atoms with Gasteiger partial charge in [0.25, 0.3) is 5.91 Å². The van der Waals surface area contributed by atoms with Crippen LogP contribution < -0.4 is 19.7 Å². The maximum atomic E-state index is 12.6. The van der Waals surface area contributed by atoms with Crippen LogP contribution >= 0.6 is 0 Å². The molecule has 0 bridgehead atoms. The monoisotopic (exact) mass is 380 g/mol. The predicted molar refractivity (Wildman–Crippen MR) is 90.6 cm³/mol. The molecule has 142 valence electrons. The summed E-state index contributed by atoms with van der Waals surface area (Å²) in [5.41, 5.74) is 0.783. The average Bonchev–Trinajstić information content (AvgIpc) is 2.89. The third-order valence-corrected chi connectivity index (χ3v) is 3.89. The van der Waals surface area contributed by atoms with E-state index in [2.05, 4.69) is 10.1 Å². The molecule has 1 saturated heterocycles. The summed E-state index contributed by atoms with van der Waals surface area (Å²) in [6.07, 6.45) is -4.85. The Hall–Kier alpha value is -3.23. The van der Waals surface area contributed by atoms with Crippen LogP contribution in [0.25, 0.3) is 0 Å². The van der Waals surface area contributed by atoms with Gasteiger partial charge in [0.15, 0.2) is 0 Å². The Bertz CT molecular complexity index is 852. The highest BCUT2D eigenvalue weighted by Crippen LogP contribution is 2.29. The van der Waals surface area contributed by atoms with E-state index in [9.17, 15) is 22.8 Å². The van der Waals surface area contributed by atoms with Gasteiger partial charge in [-0.1, -0.05) is 6.07 Å². The number of ether oxygens (including phenoxy) is 2. The molecule has 0 aromatic heterocycles. The minimum absolute atomic E-state index is 0.0726. The number of benzene rings is 2. The van der Waals surface area contributed by atoms with Crippen LogP contribution in [0.2, 0.25) is 0 Å². The maximum Gasteiger partial charge on any atom is 0.573 e. The number of nitrogens with one attached hydrogen (secondary N) is 1. The summed E-state index contributed by atoms with van der Waals surface area (Å²) in [4.78, 5) is 25.9. The number of imide groups is 1. The summed E-state index contributed by atoms with van der Waals surface area (Å²) in [7, 11) is 1.48. The highest BCUT2D eigenvalue weighted by Gasteiger charge is 2.39. The van der Waals surface area contributed by atoms with E-state index < -0.39 is 18.3 Å². The van der Waals surface area contributed by atoms with E-state index in [0.29, 0.717) is 17.1 Å². The van der Waals surface area contributed by atoms with Crippen LogP contribution in [0.4, 0.5) is 24.5 Å². The van der Waals surface area contributed by atoms with Gasteiger partial charge in [0.1, 0.15) is 17.5 Å². The number of carbonyl (C=O) groups is 2. The summed E-state index contributed by atoms with van der Waals surface area (Å²) in [5, 5.41) is 2.86. The van der Waals surface area contributed by atoms with Crippen LogP contribution in [0, 0.1) is 0 Å². The number of alkyl halides is 3. The molecule has 2 amide bonds. The minimum Gasteiger partial charge on any atom is -0.497 e. The standard InChI is InChI=1S/C18H15F3N2O4/c1-26-14-4-2-3-12(9-14)23-16(24)10-15(17(23)25)22-11-5-7-13(8-6-11)27-18(19,20)21/h2-9,15,22H,10H2,1H3/t15-/m1/s1. The molecular formula is C18H15F3N2O4. The van der Waals surface area contributed by atoms with Crippen LogP contribution in [0.3, 0.4) is 0 Å². The quantitative estimate of drug-likeness (QED) is 0.806. The van der Waals surface area contributed by atoms with Crippen LogP contribution in [0.5, 0.6) is 11.5 Å². The van der Waals surface area contributed by atoms with Crippen molar-refractivity contribution in [1.29, 1.82) is 0 Å². The molecule has 0 unspecified atom stereocenters. The number of carbonyl (C=O) groups excluding carboxylic acids is 2. The van der Waals surface area contributed by atoms with Crippen molar-refractivity contribution in [2.24, 2.45) is 0 Å². The van der Waals surface area contributed by atoms with E-state index in [4.69, 9.17) is 4.74 Å². The lowest BCUT2D eigenvalue weighted by atomic mass is 10.2. The first-order valence-corrected chi connectivity index (χ1v) is 7.90. The van der Waals surface area contributed by atoms with Gasteiger partial charge in [-0.05, 0) is 36.4 Å². The fourth-order valence-corrected chi connectivity index (χ4v) is 2.72. The Morgan fingerprint density at radius 1 is 1.07 bits per heavy atom. The molecule has 1 aliphatic heterocycles. The summed E-state index contributed by atoms with van der Waals surface area (Å²) < 4.78 is 45.5. The number of hydrogen-bond acceptors (Lipinski definition) is 5. The van der Waals surface area contributed by atoms with Gasteiger partial charge in [-0.3, -0.25) is 9.59 Å². The molecule has 9 heteroatoms. The van der Waals surface area contributed by atoms with Gasteiger partial charge >= 0.3 is 6.36 Å². The molecule has 1 N–H and O–H groups in total. The predicted octanol–water partition coefficient (Wildman–Crippen LogP) is 3.34. The second-order valence-electron chi connectivity index (χ2n) is 5.74. The average molecular weight is 380 g/mol. The molecule has 2 aromatic carbocycles. The Morgan fingerprint density at radius 2 is 1.78 bits per heavy atom. The van der Waals surface area contributed by atoms with Crippen LogP contribution in [0.15, 0.2) is 48.5 Å². The maximum absolute atomic E-state index is 12.6. The summed E-state index contributed by atoms with van der Waals surface area (Å²) in [6, 6.07) is 10.6. The lowest BCUT2D eigenvalue weighted by Gasteiger charge is -2.17. The highest BCUT2D eigenvalue weighted by molar-refractivity contribution is 6.23. The van der Waals surface area contributed by atoms with E-state index in [0.717, 1.165) is 17.0 Å². The third-order valence-electron chi connectivity index (χ3n) is 3.89. The number of rotatable bonds is 5. The molecular weight excluding hydrogens is 365 g/mol. The second-order valence-corrected chi connectivity index (χ2v) is 5.74. The van der Waals surface area contributed by atoms with E-state index >= 15 is 0 Å². The summed E-state index contributed by atoms with van der Waals surface area (Å²) >= 11 is 0. The molecule has 27 heavy (non-hydrogen) atoms. The number of nitrogens with zero attached hydrogens (tertiary/aromatic N) is 1. The van der Waals surface area contributed by atoms with Crippen LogP contribution in [0.1, 0.15) is 6.42 Å². The van der Waals surface area contributed by atoms with Gasteiger partial charge in [0.05, 0.1) is 19.2 Å². The lowest BCUT2D eigenvalue weighted by molar-refractivity contribution is -0.274. The Balaban J connectivity index is 1.71. The van der Waals surface area contributed by atoms with Crippen LogP contribution in [-0.2, 0) is 9.59 Å². The molecule has 1 fully saturated rings. The van der Waals surface area contributed by atoms with E-state index in [1.165, 1.54) is 19.2 Å². The zero-order chi connectivity index (χ0) is 19.6. The molecule has 0 aliphatic carbocycles. The van der Waals surface area contributed by atoms with Crippen molar-refractivity contribution < 1.29 is 32.2 Å². The van der Waals surface area contributed by atoms with E-state index in [1.54, 1.807) is 24.3 Å². The fourth-order valence-electron chi connectivity index (χ4n) is 2.72. The van der Waals surface area contributed by atoms with Crippen LogP contribution in [-0.4, -0.2) is 31.3 Å². The molecule has 6 nitrogen and oxygen atoms in total. The van der Waals surface area contributed by atoms with Gasteiger partial charge in [0, 0.05) is 11.8 Å². The molecule has 0 spiro atoms. The second kappa shape index (κ2) is 7.18. The smallest absolute Gasteiger partial charge is 0.497 e. The van der Waals surface area contributed by atoms with Crippen molar-refractivity contribution in [3.05, 3.63) is 48.5 Å². The molecule has 0 saturated carbocycles. The highest BCUT2D eigenvalue weighted by atomic mass is 19.4. The SMILES string of the molecule is COc1cccc(N2C(=O)C[C@@H](Nc3ccc(OC(F)(F)F)cc3)C2=O)c1. The zero-order valence-electron chi connectivity index (χ0n) is 14.1. The number of anilines is 2. The Kier molecular flexibility index (Phi) is 4.93. The molecule has 3 rings (SSSR count). The molecule has 1 atom stereocenters. The minimum atomic E-state index is -4.78. The molecule has 1 aliphatic rings. The van der Waals surface area contributed by atoms with Crippen molar-refractivity contribution in [2.75, 3.05) is 17.3 Å². The van der Waals surface area contributed by atoms with Crippen molar-refractivity contribution >= 4 is 23.2 Å². The van der Waals surface area contributed by atoms with Gasteiger partial charge in [-0.15, -0.1) is 13.2 Å². The van der Waals surface area contributed by atoms with Crippen molar-refractivity contribution in [3.8, 4) is 11.5 Å². The van der Waals surface area contributed by atoms with Gasteiger partial charge in [0.2, 0.25) is 5.91 Å². The van der Waals surface area contributed by atoms with Crippen molar-refractivity contribution in [2.45, 2.75) is 18.8 Å². The first kappa shape index (κ1) is 18.6. The van der Waals surface area contributed by atoms with Gasteiger partial charge < -0.3 is 14.8 Å². The summed E-state index contributed by atoms with van der Waals surface area (Å²) in [6.45, 7) is 0. The van der Waals surface area contributed by atoms with Crippen molar-refractivity contribution in [3.63, 3.8) is 0 Å². The Morgan fingerprint density at radius 3 is 2.41 bits per heavy atom. The van der Waals surface area contributed by atoms with Gasteiger partial charge in [-0.25, -0.2) is 4.90 Å². The van der Waals surface area contributed by atoms with E-state index in [1.807, 2.05) is 0 Å². The number of methoxy groups -OCH3 is 1. The molecule has 0 radical (unpaired) electrons. The third kappa shape index (κ3) is 4.30. The largest absolute Gasteiger partial charge is 0.573 e. The number of hydrogen-bond donors (Lipinski definition) is 1. The zero-order valence-corrected chi connectivity index (χ0v) is 14.1.